The Morgan fingerprint density at radius 1 is 0.448 bits per heavy atom. The summed E-state index contributed by atoms with van der Waals surface area (Å²) in [6, 6.07) is 68.9. The van der Waals surface area contributed by atoms with E-state index in [1.54, 1.807) is 0 Å². The van der Waals surface area contributed by atoms with Crippen LogP contribution in [0.4, 0.5) is 45.5 Å². The summed E-state index contributed by atoms with van der Waals surface area (Å²) in [5.41, 5.74) is 15.1. The molecular weight excluding hydrogens is 705 g/mol. The van der Waals surface area contributed by atoms with E-state index >= 15 is 0 Å². The molecule has 1 aliphatic rings. The Kier molecular flexibility index (Phi) is 9.81. The normalized spacial score (nSPS) is 12.4. The summed E-state index contributed by atoms with van der Waals surface area (Å²) in [4.78, 5) is 4.72. The SMILES string of the molecule is Cc1ccc(Nc2ccc(C)cc2[B]c2ccc(N(c3ccccc3)c3ccc4c(c3)C(C)(C)c3ccccc3O4)cc2N(c2ccccc2)c2ccccc2)cc1. The van der Waals surface area contributed by atoms with Crippen molar-refractivity contribution in [1.29, 1.82) is 0 Å². The number of rotatable bonds is 10. The number of hydrogen-bond acceptors (Lipinski definition) is 4. The van der Waals surface area contributed by atoms with Gasteiger partial charge in [-0.3, -0.25) is 0 Å². The summed E-state index contributed by atoms with van der Waals surface area (Å²) in [7, 11) is 2.31. The number of anilines is 8. The first-order valence-corrected chi connectivity index (χ1v) is 19.9. The van der Waals surface area contributed by atoms with Crippen LogP contribution in [0.25, 0.3) is 0 Å². The molecular formula is C53H45BN3O. The highest BCUT2D eigenvalue weighted by molar-refractivity contribution is 6.70. The average Bonchev–Trinajstić information content (AvgIpc) is 3.25. The Hall–Kier alpha value is -6.98. The smallest absolute Gasteiger partial charge is 0.197 e. The molecule has 0 unspecified atom stereocenters. The first-order chi connectivity index (χ1) is 28.3. The van der Waals surface area contributed by atoms with Crippen molar-refractivity contribution in [3.63, 3.8) is 0 Å². The predicted octanol–water partition coefficient (Wildman–Crippen LogP) is 13.1. The summed E-state index contributed by atoms with van der Waals surface area (Å²) in [6.07, 6.45) is 0. The summed E-state index contributed by atoms with van der Waals surface area (Å²) >= 11 is 0. The van der Waals surface area contributed by atoms with Crippen molar-refractivity contribution in [2.24, 2.45) is 0 Å². The fourth-order valence-corrected chi connectivity index (χ4v) is 8.04. The van der Waals surface area contributed by atoms with Gasteiger partial charge in [0.25, 0.3) is 0 Å². The molecule has 9 rings (SSSR count). The van der Waals surface area contributed by atoms with Gasteiger partial charge in [0.05, 0.1) is 0 Å². The zero-order valence-electron chi connectivity index (χ0n) is 33.4. The molecule has 0 saturated heterocycles. The molecule has 0 saturated carbocycles. The fourth-order valence-electron chi connectivity index (χ4n) is 8.04. The highest BCUT2D eigenvalue weighted by Crippen LogP contribution is 2.50. The minimum atomic E-state index is -0.262. The molecule has 0 aliphatic carbocycles. The van der Waals surface area contributed by atoms with E-state index in [1.807, 2.05) is 6.07 Å². The van der Waals surface area contributed by atoms with Crippen molar-refractivity contribution in [1.82, 2.24) is 0 Å². The summed E-state index contributed by atoms with van der Waals surface area (Å²) in [6.45, 7) is 8.84. The molecule has 1 radical (unpaired) electrons. The van der Waals surface area contributed by atoms with Crippen LogP contribution in [-0.4, -0.2) is 7.28 Å². The molecule has 0 aromatic heterocycles. The van der Waals surface area contributed by atoms with Gasteiger partial charge in [-0.05, 0) is 105 Å². The molecule has 1 aliphatic heterocycles. The Bertz CT molecular complexity index is 2660. The summed E-state index contributed by atoms with van der Waals surface area (Å²) in [5.74, 6) is 1.80. The quantitative estimate of drug-likeness (QED) is 0.141. The lowest BCUT2D eigenvalue weighted by Gasteiger charge is -2.36. The van der Waals surface area contributed by atoms with Gasteiger partial charge in [-0.25, -0.2) is 0 Å². The van der Waals surface area contributed by atoms with Gasteiger partial charge >= 0.3 is 0 Å². The number of ether oxygens (including phenoxy) is 1. The molecule has 0 atom stereocenters. The maximum absolute atomic E-state index is 6.51. The predicted molar refractivity (Wildman–Crippen MR) is 245 cm³/mol. The highest BCUT2D eigenvalue weighted by atomic mass is 16.5. The second-order valence-corrected chi connectivity index (χ2v) is 15.6. The van der Waals surface area contributed by atoms with Gasteiger partial charge in [0.15, 0.2) is 7.28 Å². The number of fused-ring (bicyclic) bond motifs is 2. The van der Waals surface area contributed by atoms with Crippen LogP contribution in [0.3, 0.4) is 0 Å². The second-order valence-electron chi connectivity index (χ2n) is 15.6. The van der Waals surface area contributed by atoms with E-state index in [0.29, 0.717) is 0 Å². The molecule has 8 aromatic rings. The molecule has 4 nitrogen and oxygen atoms in total. The van der Waals surface area contributed by atoms with E-state index in [9.17, 15) is 0 Å². The highest BCUT2D eigenvalue weighted by Gasteiger charge is 2.35. The topological polar surface area (TPSA) is 27.7 Å². The van der Waals surface area contributed by atoms with Crippen molar-refractivity contribution < 1.29 is 4.74 Å². The lowest BCUT2D eigenvalue weighted by Crippen LogP contribution is -2.33. The van der Waals surface area contributed by atoms with Crippen molar-refractivity contribution in [3.8, 4) is 11.5 Å². The van der Waals surface area contributed by atoms with Gasteiger partial charge < -0.3 is 19.9 Å². The van der Waals surface area contributed by atoms with E-state index in [0.717, 1.165) is 73.5 Å². The van der Waals surface area contributed by atoms with Crippen LogP contribution in [0.1, 0.15) is 36.1 Å². The maximum atomic E-state index is 6.51. The molecule has 58 heavy (non-hydrogen) atoms. The lowest BCUT2D eigenvalue weighted by atomic mass is 9.62. The van der Waals surface area contributed by atoms with Crippen molar-refractivity contribution in [2.75, 3.05) is 15.1 Å². The van der Waals surface area contributed by atoms with Crippen LogP contribution in [0.15, 0.2) is 194 Å². The summed E-state index contributed by atoms with van der Waals surface area (Å²) in [5, 5.41) is 3.71. The van der Waals surface area contributed by atoms with E-state index in [4.69, 9.17) is 4.74 Å². The Morgan fingerprint density at radius 3 is 1.67 bits per heavy atom. The maximum Gasteiger partial charge on any atom is 0.197 e. The van der Waals surface area contributed by atoms with Crippen LogP contribution in [-0.2, 0) is 5.41 Å². The first-order valence-electron chi connectivity index (χ1n) is 19.9. The number of nitrogens with one attached hydrogen (secondary N) is 1. The Labute approximate surface area is 343 Å². The number of para-hydroxylation sites is 4. The lowest BCUT2D eigenvalue weighted by molar-refractivity contribution is 0.418. The zero-order chi connectivity index (χ0) is 39.6. The Balaban J connectivity index is 1.22. The molecule has 1 N–H and O–H groups in total. The van der Waals surface area contributed by atoms with Gasteiger partial charge in [0.2, 0.25) is 0 Å². The standard InChI is InChI=1S/C53H45BN3O/c1-37-24-27-39(28-25-37)55-49-32-26-38(2)34-48(49)54-47-31-29-44(36-50(47)57(41-18-10-6-11-19-41)42-20-12-7-13-21-42)56(40-16-8-5-9-17-40)43-30-33-52-46(35-43)53(3,4)45-22-14-15-23-51(45)58-52/h5-36,55H,1-4H3. The van der Waals surface area contributed by atoms with Gasteiger partial charge in [-0.1, -0.05) is 139 Å². The average molecular weight is 751 g/mol. The van der Waals surface area contributed by atoms with E-state index < -0.39 is 0 Å². The second kappa shape index (κ2) is 15.5. The molecule has 0 fully saturated rings. The summed E-state index contributed by atoms with van der Waals surface area (Å²) < 4.78 is 6.51. The van der Waals surface area contributed by atoms with Crippen molar-refractivity contribution in [2.45, 2.75) is 33.1 Å². The minimum Gasteiger partial charge on any atom is -0.457 e. The van der Waals surface area contributed by atoms with Gasteiger partial charge in [-0.15, -0.1) is 0 Å². The Morgan fingerprint density at radius 2 is 1.00 bits per heavy atom. The fraction of sp³-hybridized carbons (Fsp3) is 0.0943. The molecule has 0 bridgehead atoms. The molecule has 8 aromatic carbocycles. The van der Waals surface area contributed by atoms with Crippen molar-refractivity contribution in [3.05, 3.63) is 216 Å². The number of benzene rings is 8. The van der Waals surface area contributed by atoms with Gasteiger partial charge in [-0.2, -0.15) is 0 Å². The van der Waals surface area contributed by atoms with Crippen LogP contribution in [0, 0.1) is 13.8 Å². The number of aryl methyl sites for hydroxylation is 2. The van der Waals surface area contributed by atoms with Gasteiger partial charge in [0.1, 0.15) is 11.5 Å². The monoisotopic (exact) mass is 750 g/mol. The minimum absolute atomic E-state index is 0.262. The van der Waals surface area contributed by atoms with Crippen molar-refractivity contribution >= 4 is 63.7 Å². The third-order valence-electron chi connectivity index (χ3n) is 11.1. The molecule has 281 valence electrons. The first kappa shape index (κ1) is 36.7. The molecule has 5 heteroatoms. The van der Waals surface area contributed by atoms with Crippen LogP contribution in [0.2, 0.25) is 0 Å². The van der Waals surface area contributed by atoms with Crippen LogP contribution >= 0.6 is 0 Å². The van der Waals surface area contributed by atoms with E-state index in [-0.39, 0.29) is 5.41 Å². The zero-order valence-corrected chi connectivity index (χ0v) is 33.4. The molecule has 0 spiro atoms. The number of hydrogen-bond donors (Lipinski definition) is 1. The molecule has 1 heterocycles. The third kappa shape index (κ3) is 7.23. The van der Waals surface area contributed by atoms with Crippen LogP contribution in [0.5, 0.6) is 11.5 Å². The third-order valence-corrected chi connectivity index (χ3v) is 11.1. The van der Waals surface area contributed by atoms with Gasteiger partial charge in [0, 0.05) is 62.0 Å². The molecule has 0 amide bonds. The number of nitrogens with zero attached hydrogens (tertiary/aromatic N) is 2. The van der Waals surface area contributed by atoms with E-state index in [1.165, 1.54) is 16.7 Å². The van der Waals surface area contributed by atoms with Crippen LogP contribution < -0.4 is 30.8 Å². The largest absolute Gasteiger partial charge is 0.457 e. The van der Waals surface area contributed by atoms with E-state index in [2.05, 4.69) is 238 Å².